The fourth-order valence-electron chi connectivity index (χ4n) is 3.88. The van der Waals surface area contributed by atoms with Crippen molar-refractivity contribution in [3.8, 4) is 22.8 Å². The largest absolute Gasteiger partial charge is 0.457 e. The molecule has 0 spiro atoms. The van der Waals surface area contributed by atoms with Gasteiger partial charge in [0.2, 0.25) is 0 Å². The molecule has 1 aliphatic rings. The maximum absolute atomic E-state index is 12.9. The summed E-state index contributed by atoms with van der Waals surface area (Å²) in [6.07, 6.45) is 2.42. The highest BCUT2D eigenvalue weighted by Gasteiger charge is 2.15. The quantitative estimate of drug-likeness (QED) is 0.414. The van der Waals surface area contributed by atoms with Gasteiger partial charge in [-0.15, -0.1) is 10.2 Å². The van der Waals surface area contributed by atoms with Crippen LogP contribution in [-0.2, 0) is 0 Å². The van der Waals surface area contributed by atoms with Crippen molar-refractivity contribution in [2.45, 2.75) is 12.8 Å². The highest BCUT2D eigenvalue weighted by atomic mass is 16.5. The molecule has 4 aromatic rings. The zero-order valence-electron chi connectivity index (χ0n) is 18.1. The second-order valence-corrected chi connectivity index (χ2v) is 7.91. The van der Waals surface area contributed by atoms with E-state index in [-0.39, 0.29) is 5.91 Å². The van der Waals surface area contributed by atoms with E-state index in [1.807, 2.05) is 78.9 Å². The fourth-order valence-corrected chi connectivity index (χ4v) is 3.88. The van der Waals surface area contributed by atoms with E-state index in [1.54, 1.807) is 12.1 Å². The number of rotatable bonds is 6. The van der Waals surface area contributed by atoms with Crippen LogP contribution in [0.4, 0.5) is 11.5 Å². The number of amides is 1. The number of benzene rings is 3. The monoisotopic (exact) mass is 436 g/mol. The first-order valence-electron chi connectivity index (χ1n) is 11.1. The van der Waals surface area contributed by atoms with Gasteiger partial charge in [-0.05, 0) is 61.4 Å². The number of nitrogens with zero attached hydrogens (tertiary/aromatic N) is 3. The zero-order chi connectivity index (χ0) is 22.5. The molecule has 5 rings (SSSR count). The molecule has 2 heterocycles. The molecule has 0 aliphatic carbocycles. The Morgan fingerprint density at radius 1 is 0.788 bits per heavy atom. The molecule has 1 aliphatic heterocycles. The van der Waals surface area contributed by atoms with Crippen molar-refractivity contribution in [1.82, 2.24) is 10.2 Å². The van der Waals surface area contributed by atoms with E-state index >= 15 is 0 Å². The van der Waals surface area contributed by atoms with Gasteiger partial charge in [0.1, 0.15) is 11.5 Å². The van der Waals surface area contributed by atoms with Gasteiger partial charge in [0, 0.05) is 24.3 Å². The Hall–Kier alpha value is -4.19. The number of hydrogen-bond donors (Lipinski definition) is 1. The number of hydrogen-bond acceptors (Lipinski definition) is 5. The van der Waals surface area contributed by atoms with Gasteiger partial charge in [0.05, 0.1) is 11.3 Å². The van der Waals surface area contributed by atoms with Gasteiger partial charge < -0.3 is 15.0 Å². The van der Waals surface area contributed by atoms with Crippen molar-refractivity contribution in [3.05, 3.63) is 96.6 Å². The van der Waals surface area contributed by atoms with E-state index in [0.717, 1.165) is 30.2 Å². The molecule has 1 saturated heterocycles. The number of nitrogens with one attached hydrogen (secondary N) is 1. The summed E-state index contributed by atoms with van der Waals surface area (Å²) in [5.41, 5.74) is 2.91. The van der Waals surface area contributed by atoms with Gasteiger partial charge in [-0.3, -0.25) is 4.79 Å². The molecule has 6 heteroatoms. The van der Waals surface area contributed by atoms with Crippen molar-refractivity contribution >= 4 is 17.4 Å². The second-order valence-electron chi connectivity index (χ2n) is 7.91. The number of carbonyl (C=O) groups excluding carboxylic acids is 1. The lowest BCUT2D eigenvalue weighted by molar-refractivity contribution is 0.102. The minimum absolute atomic E-state index is 0.232. The van der Waals surface area contributed by atoms with Gasteiger partial charge >= 0.3 is 0 Å². The van der Waals surface area contributed by atoms with Crippen LogP contribution in [0, 0.1) is 0 Å². The summed E-state index contributed by atoms with van der Waals surface area (Å²) in [5, 5.41) is 11.7. The molecule has 0 atom stereocenters. The minimum Gasteiger partial charge on any atom is -0.457 e. The smallest absolute Gasteiger partial charge is 0.259 e. The van der Waals surface area contributed by atoms with Gasteiger partial charge in [-0.2, -0.15) is 0 Å². The van der Waals surface area contributed by atoms with Crippen LogP contribution in [0.25, 0.3) is 11.3 Å². The Labute approximate surface area is 192 Å². The summed E-state index contributed by atoms with van der Waals surface area (Å²) in [4.78, 5) is 15.2. The Kier molecular flexibility index (Phi) is 5.97. The summed E-state index contributed by atoms with van der Waals surface area (Å²) < 4.78 is 5.91. The van der Waals surface area contributed by atoms with Crippen LogP contribution < -0.4 is 15.0 Å². The number of carbonyl (C=O) groups is 1. The van der Waals surface area contributed by atoms with Crippen LogP contribution >= 0.6 is 0 Å². The average molecular weight is 437 g/mol. The van der Waals surface area contributed by atoms with E-state index in [1.165, 1.54) is 12.8 Å². The standard InChI is InChI=1S/C27H24N4O2/c32-27(23-10-4-5-11-25(23)33-22-8-2-1-3-9-22)28-21-14-12-20(13-15-21)24-16-17-26(30-29-24)31-18-6-7-19-31/h1-5,8-17H,6-7,18-19H2,(H,28,32). The average Bonchev–Trinajstić information content (AvgIpc) is 3.41. The first-order chi connectivity index (χ1) is 16.3. The van der Waals surface area contributed by atoms with Crippen LogP contribution in [0.3, 0.4) is 0 Å². The molecule has 0 radical (unpaired) electrons. The lowest BCUT2D eigenvalue weighted by Gasteiger charge is -2.15. The maximum atomic E-state index is 12.9. The first kappa shape index (κ1) is 20.7. The molecule has 33 heavy (non-hydrogen) atoms. The van der Waals surface area contributed by atoms with E-state index in [2.05, 4.69) is 20.4 Å². The third-order valence-electron chi connectivity index (χ3n) is 5.62. The van der Waals surface area contributed by atoms with E-state index in [0.29, 0.717) is 22.7 Å². The Bertz CT molecular complexity index is 1220. The number of para-hydroxylation sites is 2. The molecule has 1 N–H and O–H groups in total. The molecule has 6 nitrogen and oxygen atoms in total. The first-order valence-corrected chi connectivity index (χ1v) is 11.1. The topological polar surface area (TPSA) is 67.4 Å². The molecular weight excluding hydrogens is 412 g/mol. The number of anilines is 2. The highest BCUT2D eigenvalue weighted by Crippen LogP contribution is 2.27. The Morgan fingerprint density at radius 2 is 1.52 bits per heavy atom. The minimum atomic E-state index is -0.232. The molecular formula is C27H24N4O2. The molecule has 1 amide bonds. The predicted molar refractivity (Wildman–Crippen MR) is 130 cm³/mol. The summed E-state index contributed by atoms with van der Waals surface area (Å²) in [5.74, 6) is 1.88. The van der Waals surface area contributed by atoms with Crippen molar-refractivity contribution < 1.29 is 9.53 Å². The van der Waals surface area contributed by atoms with Crippen molar-refractivity contribution in [2.24, 2.45) is 0 Å². The van der Waals surface area contributed by atoms with Crippen molar-refractivity contribution in [1.29, 1.82) is 0 Å². The highest BCUT2D eigenvalue weighted by molar-refractivity contribution is 6.06. The predicted octanol–water partition coefficient (Wildman–Crippen LogP) is 5.79. The Morgan fingerprint density at radius 3 is 2.24 bits per heavy atom. The molecule has 3 aromatic carbocycles. The third kappa shape index (κ3) is 4.85. The van der Waals surface area contributed by atoms with Gasteiger partial charge in [0.25, 0.3) is 5.91 Å². The molecule has 1 aromatic heterocycles. The number of ether oxygens (including phenoxy) is 1. The SMILES string of the molecule is O=C(Nc1ccc(-c2ccc(N3CCCC3)nn2)cc1)c1ccccc1Oc1ccccc1. The molecule has 1 fully saturated rings. The second kappa shape index (κ2) is 9.53. The van der Waals surface area contributed by atoms with Crippen LogP contribution in [0.15, 0.2) is 91.0 Å². The maximum Gasteiger partial charge on any atom is 0.259 e. The summed E-state index contributed by atoms with van der Waals surface area (Å²) in [6, 6.07) is 28.2. The van der Waals surface area contributed by atoms with E-state index < -0.39 is 0 Å². The van der Waals surface area contributed by atoms with Gasteiger partial charge in [0.15, 0.2) is 5.82 Å². The van der Waals surface area contributed by atoms with Crippen LogP contribution in [0.2, 0.25) is 0 Å². The van der Waals surface area contributed by atoms with Crippen LogP contribution in [-0.4, -0.2) is 29.2 Å². The zero-order valence-corrected chi connectivity index (χ0v) is 18.1. The van der Waals surface area contributed by atoms with Crippen molar-refractivity contribution in [2.75, 3.05) is 23.3 Å². The molecule has 0 unspecified atom stereocenters. The van der Waals surface area contributed by atoms with Crippen LogP contribution in [0.5, 0.6) is 11.5 Å². The number of aromatic nitrogens is 2. The summed E-state index contributed by atoms with van der Waals surface area (Å²) >= 11 is 0. The van der Waals surface area contributed by atoms with Gasteiger partial charge in [-0.25, -0.2) is 0 Å². The summed E-state index contributed by atoms with van der Waals surface area (Å²) in [7, 11) is 0. The molecule has 0 saturated carbocycles. The summed E-state index contributed by atoms with van der Waals surface area (Å²) in [6.45, 7) is 2.09. The van der Waals surface area contributed by atoms with Crippen molar-refractivity contribution in [3.63, 3.8) is 0 Å². The lowest BCUT2D eigenvalue weighted by atomic mass is 10.1. The fraction of sp³-hybridized carbons (Fsp3) is 0.148. The normalized spacial score (nSPS) is 13.0. The van der Waals surface area contributed by atoms with E-state index in [4.69, 9.17) is 4.74 Å². The van der Waals surface area contributed by atoms with Crippen LogP contribution in [0.1, 0.15) is 23.2 Å². The molecule has 0 bridgehead atoms. The third-order valence-corrected chi connectivity index (χ3v) is 5.62. The lowest BCUT2D eigenvalue weighted by Crippen LogP contribution is -2.19. The Balaban J connectivity index is 1.27. The van der Waals surface area contributed by atoms with Gasteiger partial charge in [-0.1, -0.05) is 42.5 Å². The van der Waals surface area contributed by atoms with E-state index in [9.17, 15) is 4.79 Å². The molecule has 164 valence electrons.